The van der Waals surface area contributed by atoms with Crippen LogP contribution in [0.5, 0.6) is 0 Å². The first-order chi connectivity index (χ1) is 8.62. The molecule has 0 spiro atoms. The average Bonchev–Trinajstić information content (AvgIpc) is 2.41. The van der Waals surface area contributed by atoms with Crippen molar-refractivity contribution in [2.24, 2.45) is 0 Å². The molecule has 0 aliphatic rings. The van der Waals surface area contributed by atoms with E-state index in [0.717, 1.165) is 0 Å². The standard InChI is InChI=1S/3C4H10N.C2H5.Sn/c3*1-3-5-4-2;1-2;/h3*3-4H2,1-2H3;1H2,2H3;/q3*-1;;+3. The molecule has 0 N–H and O–H groups in total. The van der Waals surface area contributed by atoms with Crippen molar-refractivity contribution in [1.29, 1.82) is 0 Å². The van der Waals surface area contributed by atoms with Gasteiger partial charge in [0.2, 0.25) is 0 Å². The van der Waals surface area contributed by atoms with E-state index in [9.17, 15) is 0 Å². The summed E-state index contributed by atoms with van der Waals surface area (Å²) in [5.41, 5.74) is 0. The van der Waals surface area contributed by atoms with Gasteiger partial charge in [0.25, 0.3) is 0 Å². The summed E-state index contributed by atoms with van der Waals surface area (Å²) in [5, 5.41) is 0. The summed E-state index contributed by atoms with van der Waals surface area (Å²) in [6, 6.07) is 0. The van der Waals surface area contributed by atoms with E-state index in [4.69, 9.17) is 0 Å². The number of rotatable bonds is 10. The van der Waals surface area contributed by atoms with Crippen LogP contribution in [0.4, 0.5) is 0 Å². The van der Waals surface area contributed by atoms with E-state index in [0.29, 0.717) is 0 Å². The van der Waals surface area contributed by atoms with Crippen molar-refractivity contribution in [2.45, 2.75) is 52.9 Å². The van der Waals surface area contributed by atoms with Gasteiger partial charge in [0, 0.05) is 0 Å². The third-order valence-electron chi connectivity index (χ3n) is 4.28. The molecule has 0 saturated carbocycles. The van der Waals surface area contributed by atoms with Crippen molar-refractivity contribution in [1.82, 2.24) is 9.36 Å². The molecular weight excluding hydrogens is 329 g/mol. The summed E-state index contributed by atoms with van der Waals surface area (Å²) in [6.45, 7) is 23.6. The molecule has 110 valence electrons. The van der Waals surface area contributed by atoms with E-state index in [1.54, 1.807) is 0 Å². The third-order valence-corrected chi connectivity index (χ3v) is 21.1. The van der Waals surface area contributed by atoms with Crippen molar-refractivity contribution in [3.8, 4) is 0 Å². The molecule has 0 bridgehead atoms. The average molecular weight is 364 g/mol. The van der Waals surface area contributed by atoms with Crippen LogP contribution in [0.15, 0.2) is 0 Å². The summed E-state index contributed by atoms with van der Waals surface area (Å²) in [5.74, 6) is 0. The Labute approximate surface area is 120 Å². The summed E-state index contributed by atoms with van der Waals surface area (Å²) in [6.07, 6.45) is 0. The Morgan fingerprint density at radius 3 is 0.833 bits per heavy atom. The second-order valence-electron chi connectivity index (χ2n) is 4.64. The van der Waals surface area contributed by atoms with Crippen molar-refractivity contribution < 1.29 is 0 Å². The molecule has 0 aromatic carbocycles. The van der Waals surface area contributed by atoms with Gasteiger partial charge in [0.05, 0.1) is 0 Å². The molecule has 0 saturated heterocycles. The van der Waals surface area contributed by atoms with E-state index >= 15 is 0 Å². The minimum atomic E-state index is -2.55. The Hall–Kier alpha value is 0.679. The van der Waals surface area contributed by atoms with Crippen LogP contribution in [0.2, 0.25) is 4.44 Å². The molecule has 0 unspecified atom stereocenters. The van der Waals surface area contributed by atoms with Gasteiger partial charge in [-0.1, -0.05) is 0 Å². The van der Waals surface area contributed by atoms with Crippen LogP contribution in [0.25, 0.3) is 0 Å². The van der Waals surface area contributed by atoms with Gasteiger partial charge >= 0.3 is 121 Å². The first-order valence-electron chi connectivity index (χ1n) is 7.87. The molecule has 0 aliphatic heterocycles. The van der Waals surface area contributed by atoms with Crippen molar-refractivity contribution in [2.75, 3.05) is 39.3 Å². The molecule has 0 aromatic rings. The summed E-state index contributed by atoms with van der Waals surface area (Å²) >= 11 is -2.55. The molecule has 0 aliphatic carbocycles. The predicted molar refractivity (Wildman–Crippen MR) is 85.0 cm³/mol. The molecule has 4 heteroatoms. The van der Waals surface area contributed by atoms with Gasteiger partial charge in [-0.15, -0.1) is 0 Å². The summed E-state index contributed by atoms with van der Waals surface area (Å²) in [7, 11) is 0. The van der Waals surface area contributed by atoms with E-state index in [-0.39, 0.29) is 0 Å². The number of hydrogen-bond donors (Lipinski definition) is 0. The van der Waals surface area contributed by atoms with Crippen LogP contribution in [-0.2, 0) is 0 Å². The van der Waals surface area contributed by atoms with Crippen molar-refractivity contribution in [3.63, 3.8) is 0 Å². The molecule has 0 aromatic heterocycles. The number of nitrogens with zero attached hydrogens (tertiary/aromatic N) is 3. The van der Waals surface area contributed by atoms with E-state index in [1.807, 2.05) is 0 Å². The molecule has 0 amide bonds. The fraction of sp³-hybridized carbons (Fsp3) is 1.00. The minimum absolute atomic E-state index is 1.20. The fourth-order valence-electron chi connectivity index (χ4n) is 3.46. The zero-order chi connectivity index (χ0) is 14.2. The van der Waals surface area contributed by atoms with Gasteiger partial charge in [0.1, 0.15) is 0 Å². The first-order valence-corrected chi connectivity index (χ1v) is 13.7. The topological polar surface area (TPSA) is 9.72 Å². The number of hydrogen-bond acceptors (Lipinski definition) is 3. The summed E-state index contributed by atoms with van der Waals surface area (Å²) < 4.78 is 9.84. The second kappa shape index (κ2) is 9.56. The third kappa shape index (κ3) is 3.61. The monoisotopic (exact) mass is 365 g/mol. The second-order valence-corrected chi connectivity index (χ2v) is 16.5. The molecular formula is C14H35N3Sn. The van der Waals surface area contributed by atoms with Gasteiger partial charge in [0.15, 0.2) is 0 Å². The summed E-state index contributed by atoms with van der Waals surface area (Å²) in [4.78, 5) is 0. The van der Waals surface area contributed by atoms with Crippen LogP contribution in [0.1, 0.15) is 48.5 Å². The fourth-order valence-corrected chi connectivity index (χ4v) is 19.4. The molecule has 0 heterocycles. The predicted octanol–water partition coefficient (Wildman–Crippen LogP) is 2.97. The molecule has 0 radical (unpaired) electrons. The van der Waals surface area contributed by atoms with Crippen LogP contribution in [0, 0.1) is 0 Å². The van der Waals surface area contributed by atoms with Gasteiger partial charge in [-0.2, -0.15) is 0 Å². The van der Waals surface area contributed by atoms with E-state index in [1.165, 1.54) is 43.7 Å². The van der Waals surface area contributed by atoms with Crippen LogP contribution >= 0.6 is 0 Å². The molecule has 0 rings (SSSR count). The van der Waals surface area contributed by atoms with Crippen molar-refractivity contribution in [3.05, 3.63) is 0 Å². The first kappa shape index (κ1) is 18.7. The van der Waals surface area contributed by atoms with Crippen LogP contribution < -0.4 is 0 Å². The quantitative estimate of drug-likeness (QED) is 0.552. The Kier molecular flexibility index (Phi) is 9.92. The molecule has 18 heavy (non-hydrogen) atoms. The molecule has 3 nitrogen and oxygen atoms in total. The zero-order valence-electron chi connectivity index (χ0n) is 13.8. The Balaban J connectivity index is 5.55. The van der Waals surface area contributed by atoms with Crippen molar-refractivity contribution >= 4 is 19.2 Å². The van der Waals surface area contributed by atoms with Crippen LogP contribution in [0.3, 0.4) is 0 Å². The molecule has 0 atom stereocenters. The van der Waals surface area contributed by atoms with Gasteiger partial charge in [-0.3, -0.25) is 0 Å². The van der Waals surface area contributed by atoms with Crippen LogP contribution in [-0.4, -0.2) is 67.8 Å². The van der Waals surface area contributed by atoms with Gasteiger partial charge in [-0.25, -0.2) is 0 Å². The Bertz CT molecular complexity index is 168. The van der Waals surface area contributed by atoms with Gasteiger partial charge in [-0.05, 0) is 0 Å². The van der Waals surface area contributed by atoms with Gasteiger partial charge < -0.3 is 0 Å². The molecule has 0 fully saturated rings. The maximum absolute atomic E-state index is 2.83. The normalized spacial score (nSPS) is 13.0. The maximum atomic E-state index is 2.83. The Morgan fingerprint density at radius 1 is 0.500 bits per heavy atom. The van der Waals surface area contributed by atoms with E-state index in [2.05, 4.69) is 57.8 Å². The van der Waals surface area contributed by atoms with E-state index < -0.39 is 19.2 Å². The Morgan fingerprint density at radius 2 is 0.722 bits per heavy atom. The SMILES string of the molecule is CC[N](CC)[Sn]([CH2]C)([N](CC)CC)[N](CC)CC. The zero-order valence-corrected chi connectivity index (χ0v) is 16.6.